The Morgan fingerprint density at radius 1 is 1.31 bits per heavy atom. The van der Waals surface area contributed by atoms with Gasteiger partial charge in [0.05, 0.1) is 6.61 Å². The normalized spacial score (nSPS) is 13.9. The molecular formula is C12H27NO2Si. The van der Waals surface area contributed by atoms with Crippen LogP contribution in [0.4, 0.5) is 0 Å². The number of nitrogens with one attached hydrogen (secondary N) is 1. The second-order valence-electron chi connectivity index (χ2n) is 5.95. The van der Waals surface area contributed by atoms with E-state index in [4.69, 9.17) is 4.74 Å². The van der Waals surface area contributed by atoms with E-state index in [0.717, 1.165) is 12.5 Å². The monoisotopic (exact) mass is 245 g/mol. The van der Waals surface area contributed by atoms with Crippen LogP contribution in [-0.4, -0.2) is 33.7 Å². The first-order valence-corrected chi connectivity index (χ1v) is 9.81. The molecule has 0 aliphatic carbocycles. The summed E-state index contributed by atoms with van der Waals surface area (Å²) in [7, 11) is 0.714. The van der Waals surface area contributed by atoms with Crippen molar-refractivity contribution >= 4 is 14.0 Å². The maximum absolute atomic E-state index is 11.7. The molecule has 0 fully saturated rings. The molecule has 0 aromatic heterocycles. The highest BCUT2D eigenvalue weighted by molar-refractivity contribution is 6.76. The summed E-state index contributed by atoms with van der Waals surface area (Å²) in [5.41, 5.74) is 0. The summed E-state index contributed by atoms with van der Waals surface area (Å²) in [6.07, 6.45) is 0.836. The molecular weight excluding hydrogens is 218 g/mol. The lowest BCUT2D eigenvalue weighted by molar-refractivity contribution is -0.145. The number of hydrogen-bond donors (Lipinski definition) is 1. The summed E-state index contributed by atoms with van der Waals surface area (Å²) in [6, 6.07) is 0.887. The molecule has 3 nitrogen and oxygen atoms in total. The third kappa shape index (κ3) is 7.88. The van der Waals surface area contributed by atoms with E-state index in [9.17, 15) is 4.79 Å². The predicted molar refractivity (Wildman–Crippen MR) is 71.4 cm³/mol. The van der Waals surface area contributed by atoms with E-state index in [1.165, 1.54) is 0 Å². The lowest BCUT2D eigenvalue weighted by atomic mass is 10.0. The van der Waals surface area contributed by atoms with E-state index in [0.29, 0.717) is 12.5 Å². The van der Waals surface area contributed by atoms with Crippen molar-refractivity contribution < 1.29 is 9.53 Å². The molecule has 4 heteroatoms. The van der Waals surface area contributed by atoms with Crippen LogP contribution < -0.4 is 5.32 Å². The van der Waals surface area contributed by atoms with Gasteiger partial charge < -0.3 is 10.1 Å². The van der Waals surface area contributed by atoms with Crippen LogP contribution in [0, 0.1) is 5.92 Å². The van der Waals surface area contributed by atoms with Crippen LogP contribution in [0.2, 0.25) is 25.7 Å². The van der Waals surface area contributed by atoms with E-state index in [-0.39, 0.29) is 12.0 Å². The number of esters is 1. The van der Waals surface area contributed by atoms with Crippen LogP contribution in [0.5, 0.6) is 0 Å². The quantitative estimate of drug-likeness (QED) is 0.553. The minimum absolute atomic E-state index is 0.102. The molecule has 0 unspecified atom stereocenters. The fourth-order valence-electron chi connectivity index (χ4n) is 1.36. The highest BCUT2D eigenvalue weighted by atomic mass is 28.3. The van der Waals surface area contributed by atoms with E-state index < -0.39 is 8.07 Å². The Kier molecular flexibility index (Phi) is 6.91. The zero-order valence-electron chi connectivity index (χ0n) is 11.6. The number of rotatable bonds is 7. The van der Waals surface area contributed by atoms with E-state index in [2.05, 4.69) is 38.8 Å². The van der Waals surface area contributed by atoms with Gasteiger partial charge in [0.1, 0.15) is 6.04 Å². The van der Waals surface area contributed by atoms with Crippen LogP contribution in [0.15, 0.2) is 0 Å². The SMILES string of the molecule is CN[C@H](CC(C)C)C(=O)OCC[Si](C)(C)C. The van der Waals surface area contributed by atoms with E-state index in [1.54, 1.807) is 0 Å². The number of carbonyl (C=O) groups excluding carboxylic acids is 1. The van der Waals surface area contributed by atoms with Crippen LogP contribution >= 0.6 is 0 Å². The average Bonchev–Trinajstić information content (AvgIpc) is 2.11. The third-order valence-electron chi connectivity index (χ3n) is 2.44. The maximum Gasteiger partial charge on any atom is 0.323 e. The van der Waals surface area contributed by atoms with Crippen LogP contribution in [0.3, 0.4) is 0 Å². The number of hydrogen-bond acceptors (Lipinski definition) is 3. The van der Waals surface area contributed by atoms with Crippen molar-refractivity contribution in [1.29, 1.82) is 0 Å². The first-order valence-electron chi connectivity index (χ1n) is 6.10. The van der Waals surface area contributed by atoms with Crippen molar-refractivity contribution in [3.63, 3.8) is 0 Å². The summed E-state index contributed by atoms with van der Waals surface area (Å²) in [5, 5.41) is 3.02. The van der Waals surface area contributed by atoms with Crippen molar-refractivity contribution in [1.82, 2.24) is 5.32 Å². The molecule has 0 aromatic carbocycles. The Bertz CT molecular complexity index is 212. The van der Waals surface area contributed by atoms with Gasteiger partial charge in [0.2, 0.25) is 0 Å². The molecule has 0 radical (unpaired) electrons. The third-order valence-corrected chi connectivity index (χ3v) is 4.14. The van der Waals surface area contributed by atoms with Crippen LogP contribution in [-0.2, 0) is 9.53 Å². The molecule has 0 heterocycles. The summed E-state index contributed by atoms with van der Waals surface area (Å²) in [5.74, 6) is 0.399. The van der Waals surface area contributed by atoms with Crippen molar-refractivity contribution in [2.45, 2.75) is 52.0 Å². The fraction of sp³-hybridized carbons (Fsp3) is 0.917. The summed E-state index contributed by atoms with van der Waals surface area (Å²) in [4.78, 5) is 11.7. The molecule has 0 spiro atoms. The Balaban J connectivity index is 3.93. The number of carbonyl (C=O) groups is 1. The molecule has 0 aliphatic rings. The van der Waals surface area contributed by atoms with Gasteiger partial charge in [0.15, 0.2) is 0 Å². The minimum Gasteiger partial charge on any atom is -0.465 e. The highest BCUT2D eigenvalue weighted by Crippen LogP contribution is 2.10. The second-order valence-corrected chi connectivity index (χ2v) is 11.6. The van der Waals surface area contributed by atoms with Gasteiger partial charge in [-0.2, -0.15) is 0 Å². The van der Waals surface area contributed by atoms with Gasteiger partial charge >= 0.3 is 5.97 Å². The molecule has 0 saturated heterocycles. The largest absolute Gasteiger partial charge is 0.465 e. The molecule has 96 valence electrons. The standard InChI is InChI=1S/C12H27NO2Si/c1-10(2)9-11(13-3)12(14)15-7-8-16(4,5)6/h10-11,13H,7-9H2,1-6H3/t11-/m1/s1. The molecule has 0 aromatic rings. The number of likely N-dealkylation sites (N-methyl/N-ethyl adjacent to an activating group) is 1. The lowest BCUT2D eigenvalue weighted by Gasteiger charge is -2.19. The van der Waals surface area contributed by atoms with Gasteiger partial charge in [-0.1, -0.05) is 33.5 Å². The summed E-state index contributed by atoms with van der Waals surface area (Å²) >= 11 is 0. The Hall–Kier alpha value is -0.353. The maximum atomic E-state index is 11.7. The van der Waals surface area contributed by atoms with Crippen LogP contribution in [0.1, 0.15) is 20.3 Å². The number of ether oxygens (including phenoxy) is 1. The van der Waals surface area contributed by atoms with Gasteiger partial charge in [-0.15, -0.1) is 0 Å². The fourth-order valence-corrected chi connectivity index (χ4v) is 2.08. The average molecular weight is 245 g/mol. The highest BCUT2D eigenvalue weighted by Gasteiger charge is 2.20. The zero-order valence-corrected chi connectivity index (χ0v) is 12.6. The second kappa shape index (κ2) is 7.07. The Morgan fingerprint density at radius 3 is 2.25 bits per heavy atom. The van der Waals surface area contributed by atoms with Gasteiger partial charge in [0, 0.05) is 8.07 Å². The van der Waals surface area contributed by atoms with Crippen LogP contribution in [0.25, 0.3) is 0 Å². The van der Waals surface area contributed by atoms with Gasteiger partial charge in [0.25, 0.3) is 0 Å². The predicted octanol–water partition coefficient (Wildman–Crippen LogP) is 2.50. The van der Waals surface area contributed by atoms with Crippen molar-refractivity contribution in [2.24, 2.45) is 5.92 Å². The minimum atomic E-state index is -1.10. The van der Waals surface area contributed by atoms with E-state index in [1.807, 2.05) is 7.05 Å². The molecule has 16 heavy (non-hydrogen) atoms. The molecule has 1 atom stereocenters. The molecule has 0 rings (SSSR count). The van der Waals surface area contributed by atoms with Gasteiger partial charge in [-0.25, -0.2) is 0 Å². The Morgan fingerprint density at radius 2 is 1.88 bits per heavy atom. The molecule has 0 bridgehead atoms. The molecule has 0 saturated carbocycles. The first kappa shape index (κ1) is 15.6. The topological polar surface area (TPSA) is 38.3 Å². The zero-order chi connectivity index (χ0) is 12.8. The lowest BCUT2D eigenvalue weighted by Crippen LogP contribution is -2.37. The van der Waals surface area contributed by atoms with Gasteiger partial charge in [-0.3, -0.25) is 4.79 Å². The summed E-state index contributed by atoms with van der Waals surface area (Å²) in [6.45, 7) is 11.6. The Labute approximate surface area is 101 Å². The van der Waals surface area contributed by atoms with Crippen molar-refractivity contribution in [2.75, 3.05) is 13.7 Å². The molecule has 1 N–H and O–H groups in total. The van der Waals surface area contributed by atoms with Gasteiger partial charge in [-0.05, 0) is 25.4 Å². The van der Waals surface area contributed by atoms with E-state index >= 15 is 0 Å². The summed E-state index contributed by atoms with van der Waals surface area (Å²) < 4.78 is 5.31. The van der Waals surface area contributed by atoms with Crippen molar-refractivity contribution in [3.8, 4) is 0 Å². The van der Waals surface area contributed by atoms with Crippen molar-refractivity contribution in [3.05, 3.63) is 0 Å². The molecule has 0 aliphatic heterocycles. The molecule has 0 amide bonds. The smallest absolute Gasteiger partial charge is 0.323 e. The first-order chi connectivity index (χ1) is 7.26.